The number of nitro groups is 1. The van der Waals surface area contributed by atoms with E-state index >= 15 is 0 Å². The van der Waals surface area contributed by atoms with E-state index in [4.69, 9.17) is 4.74 Å². The van der Waals surface area contributed by atoms with Crippen molar-refractivity contribution >= 4 is 11.8 Å². The van der Waals surface area contributed by atoms with E-state index in [9.17, 15) is 10.1 Å². The van der Waals surface area contributed by atoms with Gasteiger partial charge in [-0.3, -0.25) is 10.1 Å². The molecule has 1 fully saturated rings. The zero-order chi connectivity index (χ0) is 15.8. The van der Waals surface area contributed by atoms with Crippen molar-refractivity contribution in [2.24, 2.45) is 11.8 Å². The molecule has 122 valence electrons. The standard InChI is InChI=1S/C14H27N3O3S/c1-11-9-20-10-13(11)7-16(3)12(2)5-6-15-14(21-4)8-17(18)19/h8,11-13,15H,5-7,9-10H2,1-4H3. The van der Waals surface area contributed by atoms with Gasteiger partial charge in [-0.25, -0.2) is 0 Å². The summed E-state index contributed by atoms with van der Waals surface area (Å²) < 4.78 is 5.50. The SMILES string of the molecule is CSC(=C[N+](=O)[O-])NCCC(C)N(C)CC1COCC1C. The molecule has 0 spiro atoms. The Morgan fingerprint density at radius 2 is 2.33 bits per heavy atom. The molecule has 6 nitrogen and oxygen atoms in total. The first-order chi connectivity index (χ1) is 9.93. The van der Waals surface area contributed by atoms with Crippen molar-refractivity contribution in [3.63, 3.8) is 0 Å². The van der Waals surface area contributed by atoms with E-state index in [0.29, 0.717) is 22.9 Å². The van der Waals surface area contributed by atoms with Crippen LogP contribution in [0.1, 0.15) is 20.3 Å². The minimum Gasteiger partial charge on any atom is -0.381 e. The lowest BCUT2D eigenvalue weighted by Gasteiger charge is -2.28. The second-order valence-electron chi connectivity index (χ2n) is 5.76. The van der Waals surface area contributed by atoms with Crippen LogP contribution in [-0.4, -0.2) is 55.5 Å². The fourth-order valence-corrected chi connectivity index (χ4v) is 2.82. The molecule has 0 radical (unpaired) electrons. The van der Waals surface area contributed by atoms with Crippen molar-refractivity contribution in [1.82, 2.24) is 10.2 Å². The maximum absolute atomic E-state index is 10.5. The van der Waals surface area contributed by atoms with E-state index in [2.05, 4.69) is 31.1 Å². The van der Waals surface area contributed by atoms with Gasteiger partial charge in [0.2, 0.25) is 0 Å². The minimum atomic E-state index is -0.421. The molecule has 1 rings (SSSR count). The second-order valence-corrected chi connectivity index (χ2v) is 6.61. The molecule has 0 aromatic rings. The number of hydrogen-bond donors (Lipinski definition) is 1. The number of rotatable bonds is 9. The van der Waals surface area contributed by atoms with Gasteiger partial charge in [-0.05, 0) is 38.5 Å². The van der Waals surface area contributed by atoms with E-state index in [1.807, 2.05) is 6.26 Å². The Kier molecular flexibility index (Phi) is 8.06. The maximum Gasteiger partial charge on any atom is 0.263 e. The first-order valence-electron chi connectivity index (χ1n) is 7.35. The van der Waals surface area contributed by atoms with E-state index in [1.165, 1.54) is 11.8 Å². The van der Waals surface area contributed by atoms with Gasteiger partial charge in [0.05, 0.1) is 11.5 Å². The van der Waals surface area contributed by atoms with Gasteiger partial charge < -0.3 is 15.0 Å². The zero-order valence-electron chi connectivity index (χ0n) is 13.4. The molecule has 21 heavy (non-hydrogen) atoms. The van der Waals surface area contributed by atoms with Crippen molar-refractivity contribution in [2.75, 3.05) is 39.6 Å². The molecule has 0 saturated carbocycles. The van der Waals surface area contributed by atoms with Crippen LogP contribution in [-0.2, 0) is 4.74 Å². The van der Waals surface area contributed by atoms with Crippen LogP contribution < -0.4 is 5.32 Å². The Bertz CT molecular complexity index is 365. The Morgan fingerprint density at radius 3 is 2.86 bits per heavy atom. The highest BCUT2D eigenvalue weighted by Gasteiger charge is 2.26. The molecular weight excluding hydrogens is 290 g/mol. The van der Waals surface area contributed by atoms with Crippen LogP contribution in [0, 0.1) is 22.0 Å². The first-order valence-corrected chi connectivity index (χ1v) is 8.57. The fourth-order valence-electron chi connectivity index (χ4n) is 2.38. The predicted octanol–water partition coefficient (Wildman–Crippen LogP) is 2.01. The zero-order valence-corrected chi connectivity index (χ0v) is 14.2. The molecule has 1 aliphatic rings. The van der Waals surface area contributed by atoms with Gasteiger partial charge in [0, 0.05) is 25.7 Å². The monoisotopic (exact) mass is 317 g/mol. The highest BCUT2D eigenvalue weighted by Crippen LogP contribution is 2.21. The summed E-state index contributed by atoms with van der Waals surface area (Å²) in [4.78, 5) is 12.4. The molecular formula is C14H27N3O3S. The number of nitrogens with one attached hydrogen (secondary N) is 1. The molecule has 0 aromatic carbocycles. The van der Waals surface area contributed by atoms with Gasteiger partial charge in [-0.15, -0.1) is 11.8 Å². The molecule has 3 unspecified atom stereocenters. The summed E-state index contributed by atoms with van der Waals surface area (Å²) in [6.45, 7) is 7.95. The van der Waals surface area contributed by atoms with Crippen LogP contribution in [0.5, 0.6) is 0 Å². The topological polar surface area (TPSA) is 67.6 Å². The van der Waals surface area contributed by atoms with Crippen LogP contribution in [0.3, 0.4) is 0 Å². The quantitative estimate of drug-likeness (QED) is 0.518. The van der Waals surface area contributed by atoms with Crippen LogP contribution in [0.4, 0.5) is 0 Å². The smallest absolute Gasteiger partial charge is 0.263 e. The minimum absolute atomic E-state index is 0.421. The summed E-state index contributed by atoms with van der Waals surface area (Å²) in [6.07, 6.45) is 3.81. The number of hydrogen-bond acceptors (Lipinski definition) is 6. The summed E-state index contributed by atoms with van der Waals surface area (Å²) in [5.74, 6) is 1.24. The fraction of sp³-hybridized carbons (Fsp3) is 0.857. The van der Waals surface area contributed by atoms with Gasteiger partial charge in [-0.1, -0.05) is 6.92 Å². The van der Waals surface area contributed by atoms with E-state index in [1.54, 1.807) is 0 Å². The molecule has 0 amide bonds. The van der Waals surface area contributed by atoms with Crippen LogP contribution >= 0.6 is 11.8 Å². The Hall–Kier alpha value is -0.790. The molecule has 1 aliphatic heterocycles. The Morgan fingerprint density at radius 1 is 1.62 bits per heavy atom. The number of ether oxygens (including phenoxy) is 1. The van der Waals surface area contributed by atoms with E-state index < -0.39 is 4.92 Å². The van der Waals surface area contributed by atoms with Crippen molar-refractivity contribution in [1.29, 1.82) is 0 Å². The van der Waals surface area contributed by atoms with Gasteiger partial charge in [0.1, 0.15) is 5.03 Å². The summed E-state index contributed by atoms with van der Waals surface area (Å²) in [5, 5.41) is 14.2. The molecule has 0 bridgehead atoms. The average Bonchev–Trinajstić information content (AvgIpc) is 2.82. The van der Waals surface area contributed by atoms with Crippen molar-refractivity contribution in [3.8, 4) is 0 Å². The lowest BCUT2D eigenvalue weighted by atomic mass is 9.97. The van der Waals surface area contributed by atoms with Gasteiger partial charge in [0.15, 0.2) is 0 Å². The molecule has 1 N–H and O–H groups in total. The normalized spacial score (nSPS) is 24.3. The van der Waals surface area contributed by atoms with Crippen LogP contribution in [0.25, 0.3) is 0 Å². The molecule has 3 atom stereocenters. The third-order valence-corrected chi connectivity index (χ3v) is 4.79. The van der Waals surface area contributed by atoms with Gasteiger partial charge in [0.25, 0.3) is 6.20 Å². The summed E-state index contributed by atoms with van der Waals surface area (Å²) in [7, 11) is 2.14. The van der Waals surface area contributed by atoms with Crippen molar-refractivity contribution in [3.05, 3.63) is 21.3 Å². The lowest BCUT2D eigenvalue weighted by molar-refractivity contribution is -0.403. The summed E-state index contributed by atoms with van der Waals surface area (Å²) in [6, 6.07) is 0.434. The van der Waals surface area contributed by atoms with E-state index in [0.717, 1.165) is 38.9 Å². The third kappa shape index (κ3) is 6.67. The van der Waals surface area contributed by atoms with Crippen molar-refractivity contribution < 1.29 is 9.66 Å². The third-order valence-electron chi connectivity index (χ3n) is 4.10. The predicted molar refractivity (Wildman–Crippen MR) is 86.8 cm³/mol. The Labute approximate surface area is 131 Å². The van der Waals surface area contributed by atoms with Crippen molar-refractivity contribution in [2.45, 2.75) is 26.3 Å². The summed E-state index contributed by atoms with van der Waals surface area (Å²) >= 11 is 1.36. The Balaban J connectivity index is 2.29. The number of nitrogens with zero attached hydrogens (tertiary/aromatic N) is 2. The van der Waals surface area contributed by atoms with Gasteiger partial charge in [-0.2, -0.15) is 0 Å². The molecule has 7 heteroatoms. The van der Waals surface area contributed by atoms with E-state index in [-0.39, 0.29) is 0 Å². The molecule has 0 aliphatic carbocycles. The highest BCUT2D eigenvalue weighted by atomic mass is 32.2. The summed E-state index contributed by atoms with van der Waals surface area (Å²) in [5.41, 5.74) is 0. The molecule has 0 aromatic heterocycles. The largest absolute Gasteiger partial charge is 0.381 e. The maximum atomic E-state index is 10.5. The van der Waals surface area contributed by atoms with Crippen LogP contribution in [0.2, 0.25) is 0 Å². The van der Waals surface area contributed by atoms with Crippen LogP contribution in [0.15, 0.2) is 11.2 Å². The first kappa shape index (κ1) is 18.3. The lowest BCUT2D eigenvalue weighted by Crippen LogP contribution is -2.37. The second kappa shape index (κ2) is 9.27. The molecule has 1 saturated heterocycles. The molecule has 1 heterocycles. The van der Waals surface area contributed by atoms with Gasteiger partial charge >= 0.3 is 0 Å². The average molecular weight is 317 g/mol. The highest BCUT2D eigenvalue weighted by molar-refractivity contribution is 8.02. The number of thioether (sulfide) groups is 1.